The van der Waals surface area contributed by atoms with Gasteiger partial charge in [0.2, 0.25) is 0 Å². The first-order chi connectivity index (χ1) is 8.97. The van der Waals surface area contributed by atoms with Gasteiger partial charge in [-0.15, -0.1) is 0 Å². The predicted octanol–water partition coefficient (Wildman–Crippen LogP) is 2.52. The van der Waals surface area contributed by atoms with E-state index in [0.29, 0.717) is 6.54 Å². The fourth-order valence-electron chi connectivity index (χ4n) is 2.60. The van der Waals surface area contributed by atoms with E-state index in [-0.39, 0.29) is 12.1 Å². The number of anilines is 2. The molecule has 0 radical (unpaired) electrons. The van der Waals surface area contributed by atoms with Crippen LogP contribution in [0.25, 0.3) is 0 Å². The Hall–Kier alpha value is -1.91. The fraction of sp³-hybridized carbons (Fsp3) is 0.500. The average Bonchev–Trinajstić information content (AvgIpc) is 2.33. The number of carboxylic acid groups (broad SMARTS) is 1. The van der Waals surface area contributed by atoms with E-state index in [9.17, 15) is 4.79 Å². The first-order valence-corrected chi connectivity index (χ1v) is 6.59. The van der Waals surface area contributed by atoms with Gasteiger partial charge >= 0.3 is 6.09 Å². The third-order valence-corrected chi connectivity index (χ3v) is 3.69. The van der Waals surface area contributed by atoms with Crippen LogP contribution in [-0.2, 0) is 0 Å². The summed E-state index contributed by atoms with van der Waals surface area (Å²) in [5.74, 6) is 0. The van der Waals surface area contributed by atoms with Crippen molar-refractivity contribution < 1.29 is 9.90 Å². The van der Waals surface area contributed by atoms with E-state index in [4.69, 9.17) is 10.8 Å². The van der Waals surface area contributed by atoms with E-state index < -0.39 is 6.09 Å². The SMILES string of the molecule is Cc1ccc(N)c(NC2CCN(C(=O)O)C(C)C2)c1. The topological polar surface area (TPSA) is 78.6 Å². The fourth-order valence-corrected chi connectivity index (χ4v) is 2.60. The number of nitrogens with one attached hydrogen (secondary N) is 1. The molecule has 5 heteroatoms. The zero-order valence-corrected chi connectivity index (χ0v) is 11.4. The largest absolute Gasteiger partial charge is 0.465 e. The zero-order valence-electron chi connectivity index (χ0n) is 11.4. The number of likely N-dealkylation sites (tertiary alicyclic amines) is 1. The Balaban J connectivity index is 2.02. The molecule has 2 atom stereocenters. The second-order valence-electron chi connectivity index (χ2n) is 5.28. The van der Waals surface area contributed by atoms with Gasteiger partial charge in [-0.25, -0.2) is 4.79 Å². The highest BCUT2D eigenvalue weighted by atomic mass is 16.4. The minimum absolute atomic E-state index is 0.0368. The lowest BCUT2D eigenvalue weighted by atomic mass is 9.98. The lowest BCUT2D eigenvalue weighted by Gasteiger charge is -2.36. The maximum atomic E-state index is 11.0. The van der Waals surface area contributed by atoms with Crippen LogP contribution in [0.3, 0.4) is 0 Å². The number of hydrogen-bond acceptors (Lipinski definition) is 3. The molecule has 0 aliphatic carbocycles. The predicted molar refractivity (Wildman–Crippen MR) is 76.4 cm³/mol. The summed E-state index contributed by atoms with van der Waals surface area (Å²) >= 11 is 0. The molecule has 2 unspecified atom stereocenters. The first kappa shape index (κ1) is 13.5. The molecule has 2 rings (SSSR count). The summed E-state index contributed by atoms with van der Waals surface area (Å²) in [5, 5.41) is 12.5. The average molecular weight is 263 g/mol. The quantitative estimate of drug-likeness (QED) is 0.716. The molecule has 0 bridgehead atoms. The summed E-state index contributed by atoms with van der Waals surface area (Å²) in [6.07, 6.45) is 0.782. The first-order valence-electron chi connectivity index (χ1n) is 6.59. The highest BCUT2D eigenvalue weighted by Gasteiger charge is 2.28. The minimum atomic E-state index is -0.832. The molecule has 1 aromatic rings. The van der Waals surface area contributed by atoms with Crippen molar-refractivity contribution in [3.63, 3.8) is 0 Å². The third-order valence-electron chi connectivity index (χ3n) is 3.69. The molecule has 5 nitrogen and oxygen atoms in total. The van der Waals surface area contributed by atoms with Gasteiger partial charge in [0.25, 0.3) is 0 Å². The maximum Gasteiger partial charge on any atom is 0.407 e. The number of nitrogens with two attached hydrogens (primary N) is 1. The minimum Gasteiger partial charge on any atom is -0.465 e. The number of rotatable bonds is 2. The van der Waals surface area contributed by atoms with E-state index in [2.05, 4.69) is 5.32 Å². The van der Waals surface area contributed by atoms with Crippen LogP contribution in [0.5, 0.6) is 0 Å². The van der Waals surface area contributed by atoms with Crippen LogP contribution >= 0.6 is 0 Å². The summed E-state index contributed by atoms with van der Waals surface area (Å²) in [7, 11) is 0. The van der Waals surface area contributed by atoms with Crippen molar-refractivity contribution in [1.29, 1.82) is 0 Å². The Kier molecular flexibility index (Phi) is 3.83. The summed E-state index contributed by atoms with van der Waals surface area (Å²) in [6, 6.07) is 6.22. The molecule has 1 aromatic carbocycles. The number of piperidine rings is 1. The van der Waals surface area contributed by atoms with E-state index in [0.717, 1.165) is 29.8 Å². The van der Waals surface area contributed by atoms with E-state index >= 15 is 0 Å². The van der Waals surface area contributed by atoms with E-state index in [1.54, 1.807) is 0 Å². The van der Waals surface area contributed by atoms with Crippen molar-refractivity contribution in [2.75, 3.05) is 17.6 Å². The highest BCUT2D eigenvalue weighted by Crippen LogP contribution is 2.25. The Morgan fingerprint density at radius 2 is 2.26 bits per heavy atom. The number of benzene rings is 1. The van der Waals surface area contributed by atoms with Gasteiger partial charge in [0.05, 0.1) is 11.4 Å². The van der Waals surface area contributed by atoms with Crippen molar-refractivity contribution >= 4 is 17.5 Å². The van der Waals surface area contributed by atoms with Crippen molar-refractivity contribution in [3.8, 4) is 0 Å². The summed E-state index contributed by atoms with van der Waals surface area (Å²) in [6.45, 7) is 4.54. The molecule has 19 heavy (non-hydrogen) atoms. The molecule has 0 spiro atoms. The van der Waals surface area contributed by atoms with Gasteiger partial charge < -0.3 is 21.1 Å². The Morgan fingerprint density at radius 1 is 1.53 bits per heavy atom. The summed E-state index contributed by atoms with van der Waals surface area (Å²) < 4.78 is 0. The smallest absolute Gasteiger partial charge is 0.407 e. The normalized spacial score (nSPS) is 23.2. The molecular formula is C14H21N3O2. The Bertz CT molecular complexity index is 476. The number of amides is 1. The molecule has 1 aliphatic heterocycles. The van der Waals surface area contributed by atoms with Gasteiger partial charge in [-0.1, -0.05) is 6.07 Å². The maximum absolute atomic E-state index is 11.0. The zero-order chi connectivity index (χ0) is 14.0. The van der Waals surface area contributed by atoms with Gasteiger partial charge in [-0.3, -0.25) is 0 Å². The van der Waals surface area contributed by atoms with Gasteiger partial charge in [0, 0.05) is 18.6 Å². The molecule has 1 heterocycles. The molecule has 1 aliphatic rings. The van der Waals surface area contributed by atoms with Crippen LogP contribution in [0.1, 0.15) is 25.3 Å². The van der Waals surface area contributed by atoms with Crippen LogP contribution < -0.4 is 11.1 Å². The van der Waals surface area contributed by atoms with Gasteiger partial charge in [-0.05, 0) is 44.4 Å². The van der Waals surface area contributed by atoms with Crippen LogP contribution in [0.2, 0.25) is 0 Å². The molecule has 0 aromatic heterocycles. The second kappa shape index (κ2) is 5.38. The van der Waals surface area contributed by atoms with Crippen LogP contribution in [-0.4, -0.2) is 34.7 Å². The standard InChI is InChI=1S/C14H21N3O2/c1-9-3-4-12(15)13(7-9)16-11-5-6-17(14(18)19)10(2)8-11/h3-4,7,10-11,16H,5-6,8,15H2,1-2H3,(H,18,19). The second-order valence-corrected chi connectivity index (χ2v) is 5.28. The van der Waals surface area contributed by atoms with E-state index in [1.165, 1.54) is 4.90 Å². The third kappa shape index (κ3) is 3.10. The lowest BCUT2D eigenvalue weighted by molar-refractivity contribution is 0.109. The van der Waals surface area contributed by atoms with Gasteiger partial charge in [0.15, 0.2) is 0 Å². The molecule has 1 amide bonds. The Labute approximate surface area is 113 Å². The van der Waals surface area contributed by atoms with Crippen LogP contribution in [0.4, 0.5) is 16.2 Å². The number of aryl methyl sites for hydroxylation is 1. The van der Waals surface area contributed by atoms with Crippen molar-refractivity contribution in [2.24, 2.45) is 0 Å². The van der Waals surface area contributed by atoms with Gasteiger partial charge in [-0.2, -0.15) is 0 Å². The number of nitrogen functional groups attached to an aromatic ring is 1. The van der Waals surface area contributed by atoms with Crippen molar-refractivity contribution in [2.45, 2.75) is 38.8 Å². The molecule has 1 fully saturated rings. The monoisotopic (exact) mass is 263 g/mol. The summed E-state index contributed by atoms with van der Waals surface area (Å²) in [4.78, 5) is 12.5. The molecule has 104 valence electrons. The molecule has 0 saturated carbocycles. The highest BCUT2D eigenvalue weighted by molar-refractivity contribution is 5.68. The number of carbonyl (C=O) groups is 1. The Morgan fingerprint density at radius 3 is 2.89 bits per heavy atom. The van der Waals surface area contributed by atoms with Crippen LogP contribution in [0, 0.1) is 6.92 Å². The van der Waals surface area contributed by atoms with Crippen molar-refractivity contribution in [3.05, 3.63) is 23.8 Å². The lowest BCUT2D eigenvalue weighted by Crippen LogP contribution is -2.47. The molecule has 4 N–H and O–H groups in total. The summed E-state index contributed by atoms with van der Waals surface area (Å²) in [5.41, 5.74) is 8.79. The molecule has 1 saturated heterocycles. The van der Waals surface area contributed by atoms with Crippen molar-refractivity contribution in [1.82, 2.24) is 4.90 Å². The van der Waals surface area contributed by atoms with Gasteiger partial charge in [0.1, 0.15) is 0 Å². The molecular weight excluding hydrogens is 242 g/mol. The number of hydrogen-bond donors (Lipinski definition) is 3. The van der Waals surface area contributed by atoms with E-state index in [1.807, 2.05) is 32.0 Å². The number of nitrogens with zero attached hydrogens (tertiary/aromatic N) is 1. The van der Waals surface area contributed by atoms with Crippen LogP contribution in [0.15, 0.2) is 18.2 Å².